The number of hydrogen-bond acceptors (Lipinski definition) is 6. The fourth-order valence-corrected chi connectivity index (χ4v) is 3.02. The summed E-state index contributed by atoms with van der Waals surface area (Å²) in [4.78, 5) is 26.1. The van der Waals surface area contributed by atoms with Crippen LogP contribution in [0.4, 0.5) is 5.69 Å². The fraction of sp³-hybridized carbons (Fsp3) is 0.300. The standard InChI is InChI=1S/C20H25N3O5S/c1-23(2)16-7-4-6-15(14-16)20(25)22-21-19(24)8-5-13-28-17-9-11-18(12-10-17)29(3,26)27/h4,6-7,9-12,14H,5,8,13H2,1-3H3,(H,21,24)(H,22,25). The van der Waals surface area contributed by atoms with E-state index in [4.69, 9.17) is 4.74 Å². The van der Waals surface area contributed by atoms with E-state index in [0.717, 1.165) is 11.9 Å². The monoisotopic (exact) mass is 419 g/mol. The summed E-state index contributed by atoms with van der Waals surface area (Å²) < 4.78 is 28.3. The van der Waals surface area contributed by atoms with Crippen LogP contribution in [0.3, 0.4) is 0 Å². The molecule has 0 aromatic heterocycles. The zero-order valence-electron chi connectivity index (χ0n) is 16.6. The summed E-state index contributed by atoms with van der Waals surface area (Å²) >= 11 is 0. The second-order valence-corrected chi connectivity index (χ2v) is 8.66. The fourth-order valence-electron chi connectivity index (χ4n) is 2.39. The third kappa shape index (κ3) is 7.11. The highest BCUT2D eigenvalue weighted by Gasteiger charge is 2.09. The number of sulfone groups is 1. The van der Waals surface area contributed by atoms with Crippen LogP contribution in [-0.2, 0) is 14.6 Å². The van der Waals surface area contributed by atoms with Gasteiger partial charge in [0.25, 0.3) is 5.91 Å². The van der Waals surface area contributed by atoms with Crippen molar-refractivity contribution in [1.82, 2.24) is 10.9 Å². The normalized spacial score (nSPS) is 10.9. The van der Waals surface area contributed by atoms with Crippen molar-refractivity contribution in [3.63, 3.8) is 0 Å². The number of carbonyl (C=O) groups is 2. The number of hydrazine groups is 1. The Balaban J connectivity index is 1.71. The number of nitrogens with zero attached hydrogens (tertiary/aromatic N) is 1. The largest absolute Gasteiger partial charge is 0.494 e. The first kappa shape index (κ1) is 22.2. The molecule has 0 aliphatic carbocycles. The average molecular weight is 420 g/mol. The van der Waals surface area contributed by atoms with E-state index in [-0.39, 0.29) is 23.8 Å². The van der Waals surface area contributed by atoms with Gasteiger partial charge in [0.2, 0.25) is 5.91 Å². The number of benzene rings is 2. The van der Waals surface area contributed by atoms with Gasteiger partial charge in [0.15, 0.2) is 9.84 Å². The Morgan fingerprint density at radius 3 is 2.34 bits per heavy atom. The topological polar surface area (TPSA) is 105 Å². The van der Waals surface area contributed by atoms with E-state index in [9.17, 15) is 18.0 Å². The van der Waals surface area contributed by atoms with Crippen LogP contribution in [-0.4, -0.2) is 47.2 Å². The lowest BCUT2D eigenvalue weighted by molar-refractivity contribution is -0.122. The van der Waals surface area contributed by atoms with Crippen LogP contribution in [0.5, 0.6) is 5.75 Å². The minimum Gasteiger partial charge on any atom is -0.494 e. The number of rotatable bonds is 8. The first-order valence-corrected chi connectivity index (χ1v) is 10.9. The highest BCUT2D eigenvalue weighted by molar-refractivity contribution is 7.90. The van der Waals surface area contributed by atoms with Crippen LogP contribution >= 0.6 is 0 Å². The molecule has 2 aromatic rings. The smallest absolute Gasteiger partial charge is 0.269 e. The van der Waals surface area contributed by atoms with Crippen molar-refractivity contribution in [2.75, 3.05) is 31.9 Å². The molecule has 0 radical (unpaired) electrons. The van der Waals surface area contributed by atoms with Gasteiger partial charge in [-0.05, 0) is 48.9 Å². The van der Waals surface area contributed by atoms with E-state index in [1.54, 1.807) is 30.3 Å². The summed E-state index contributed by atoms with van der Waals surface area (Å²) in [6, 6.07) is 13.1. The van der Waals surface area contributed by atoms with Gasteiger partial charge in [0.05, 0.1) is 11.5 Å². The molecule has 0 spiro atoms. The maximum absolute atomic E-state index is 12.1. The van der Waals surface area contributed by atoms with Crippen molar-refractivity contribution in [3.05, 3.63) is 54.1 Å². The molecule has 0 bridgehead atoms. The van der Waals surface area contributed by atoms with E-state index in [0.29, 0.717) is 17.7 Å². The van der Waals surface area contributed by atoms with Crippen LogP contribution < -0.4 is 20.5 Å². The molecule has 2 N–H and O–H groups in total. The third-order valence-electron chi connectivity index (χ3n) is 4.01. The molecule has 0 atom stereocenters. The van der Waals surface area contributed by atoms with Crippen molar-refractivity contribution >= 4 is 27.3 Å². The van der Waals surface area contributed by atoms with Crippen molar-refractivity contribution in [3.8, 4) is 5.75 Å². The molecule has 2 rings (SSSR count). The van der Waals surface area contributed by atoms with Gasteiger partial charge in [-0.25, -0.2) is 8.42 Å². The molecule has 8 nitrogen and oxygen atoms in total. The summed E-state index contributed by atoms with van der Waals surface area (Å²) in [5.74, 6) is -0.214. The van der Waals surface area contributed by atoms with Gasteiger partial charge >= 0.3 is 0 Å². The van der Waals surface area contributed by atoms with Crippen LogP contribution in [0.1, 0.15) is 23.2 Å². The molecule has 0 saturated carbocycles. The summed E-state index contributed by atoms with van der Waals surface area (Å²) in [7, 11) is 0.510. The Bertz CT molecular complexity index is 956. The van der Waals surface area contributed by atoms with E-state index in [1.165, 1.54) is 12.1 Å². The molecule has 0 unspecified atom stereocenters. The zero-order chi connectivity index (χ0) is 21.4. The minimum atomic E-state index is -3.24. The lowest BCUT2D eigenvalue weighted by Gasteiger charge is -2.13. The molecule has 9 heteroatoms. The number of anilines is 1. The second-order valence-electron chi connectivity index (χ2n) is 6.64. The zero-order valence-corrected chi connectivity index (χ0v) is 17.5. The molecule has 2 amide bonds. The lowest BCUT2D eigenvalue weighted by atomic mass is 10.2. The maximum atomic E-state index is 12.1. The van der Waals surface area contributed by atoms with Gasteiger partial charge in [-0.3, -0.25) is 20.4 Å². The van der Waals surface area contributed by atoms with Crippen LogP contribution in [0, 0.1) is 0 Å². The summed E-state index contributed by atoms with van der Waals surface area (Å²) in [5.41, 5.74) is 6.09. The number of carbonyl (C=O) groups excluding carboxylic acids is 2. The first-order chi connectivity index (χ1) is 13.7. The van der Waals surface area contributed by atoms with Crippen molar-refractivity contribution < 1.29 is 22.7 Å². The molecule has 0 fully saturated rings. The molecular weight excluding hydrogens is 394 g/mol. The quantitative estimate of drug-likeness (QED) is 0.499. The van der Waals surface area contributed by atoms with Crippen LogP contribution in [0.2, 0.25) is 0 Å². The number of ether oxygens (including phenoxy) is 1. The number of hydrogen-bond donors (Lipinski definition) is 2. The van der Waals surface area contributed by atoms with Crippen molar-refractivity contribution in [1.29, 1.82) is 0 Å². The SMILES string of the molecule is CN(C)c1cccc(C(=O)NNC(=O)CCCOc2ccc(S(C)(=O)=O)cc2)c1. The lowest BCUT2D eigenvalue weighted by Crippen LogP contribution is -2.41. The molecule has 0 heterocycles. The Labute approximate surface area is 170 Å². The minimum absolute atomic E-state index is 0.166. The molecule has 0 aliphatic heterocycles. The molecule has 2 aromatic carbocycles. The number of nitrogens with one attached hydrogen (secondary N) is 2. The highest BCUT2D eigenvalue weighted by Crippen LogP contribution is 2.16. The maximum Gasteiger partial charge on any atom is 0.269 e. The summed E-state index contributed by atoms with van der Waals surface area (Å²) in [6.07, 6.45) is 1.74. The Morgan fingerprint density at radius 2 is 1.72 bits per heavy atom. The summed E-state index contributed by atoms with van der Waals surface area (Å²) in [5, 5.41) is 0. The van der Waals surface area contributed by atoms with E-state index in [2.05, 4.69) is 10.9 Å². The van der Waals surface area contributed by atoms with Gasteiger partial charge in [0, 0.05) is 38.0 Å². The first-order valence-electron chi connectivity index (χ1n) is 8.96. The second kappa shape index (κ2) is 9.92. The molecule has 156 valence electrons. The third-order valence-corrected chi connectivity index (χ3v) is 5.14. The Kier molecular flexibility index (Phi) is 7.60. The van der Waals surface area contributed by atoms with E-state index in [1.807, 2.05) is 25.1 Å². The predicted octanol–water partition coefficient (Wildman–Crippen LogP) is 1.78. The summed E-state index contributed by atoms with van der Waals surface area (Å²) in [6.45, 7) is 0.282. The van der Waals surface area contributed by atoms with Gasteiger partial charge in [-0.15, -0.1) is 0 Å². The van der Waals surface area contributed by atoms with Gasteiger partial charge in [-0.1, -0.05) is 6.07 Å². The number of amides is 2. The van der Waals surface area contributed by atoms with Crippen molar-refractivity contribution in [2.45, 2.75) is 17.7 Å². The van der Waals surface area contributed by atoms with Crippen LogP contribution in [0.15, 0.2) is 53.4 Å². The van der Waals surface area contributed by atoms with Gasteiger partial charge in [0.1, 0.15) is 5.75 Å². The van der Waals surface area contributed by atoms with E-state index >= 15 is 0 Å². The van der Waals surface area contributed by atoms with Gasteiger partial charge in [-0.2, -0.15) is 0 Å². The van der Waals surface area contributed by atoms with E-state index < -0.39 is 15.7 Å². The molecular formula is C20H25N3O5S. The van der Waals surface area contributed by atoms with Gasteiger partial charge < -0.3 is 9.64 Å². The average Bonchev–Trinajstić information content (AvgIpc) is 2.69. The molecule has 0 aliphatic rings. The predicted molar refractivity (Wildman–Crippen MR) is 111 cm³/mol. The molecule has 0 saturated heterocycles. The van der Waals surface area contributed by atoms with Crippen molar-refractivity contribution in [2.24, 2.45) is 0 Å². The Hall–Kier alpha value is -3.07. The van der Waals surface area contributed by atoms with Crippen LogP contribution in [0.25, 0.3) is 0 Å². The Morgan fingerprint density at radius 1 is 1.03 bits per heavy atom. The molecule has 29 heavy (non-hydrogen) atoms. The highest BCUT2D eigenvalue weighted by atomic mass is 32.2.